The molecule has 3 rings (SSSR count). The third-order valence-electron chi connectivity index (χ3n) is 3.05. The van der Waals surface area contributed by atoms with Gasteiger partial charge in [-0.05, 0) is 31.2 Å². The molecule has 0 aliphatic carbocycles. The van der Waals surface area contributed by atoms with Crippen LogP contribution in [-0.4, -0.2) is 26.4 Å². The first-order chi connectivity index (χ1) is 10.1. The van der Waals surface area contributed by atoms with E-state index >= 15 is 0 Å². The first-order valence-corrected chi connectivity index (χ1v) is 7.47. The van der Waals surface area contributed by atoms with Gasteiger partial charge in [-0.3, -0.25) is 4.79 Å². The van der Waals surface area contributed by atoms with Gasteiger partial charge in [-0.1, -0.05) is 23.9 Å². The Hall–Kier alpha value is -2.21. The summed E-state index contributed by atoms with van der Waals surface area (Å²) in [6, 6.07) is 11.6. The lowest BCUT2D eigenvalue weighted by Gasteiger charge is -2.06. The second-order valence-corrected chi connectivity index (χ2v) is 5.61. The quantitative estimate of drug-likeness (QED) is 0.733. The summed E-state index contributed by atoms with van der Waals surface area (Å²) in [6.07, 6.45) is 0. The van der Waals surface area contributed by atoms with Crippen LogP contribution < -0.4 is 0 Å². The molecule has 0 amide bonds. The lowest BCUT2D eigenvalue weighted by Crippen LogP contribution is -2.04. The number of hydrogen-bond donors (Lipinski definition) is 1. The fourth-order valence-corrected chi connectivity index (χ4v) is 2.90. The highest BCUT2D eigenvalue weighted by Gasteiger charge is 2.14. The number of carboxylic acids is 1. The highest BCUT2D eigenvalue weighted by molar-refractivity contribution is 7.99. The molecular formula is C15H14N2O3S. The molecular weight excluding hydrogens is 288 g/mol. The van der Waals surface area contributed by atoms with Crippen molar-refractivity contribution < 1.29 is 14.3 Å². The van der Waals surface area contributed by atoms with Gasteiger partial charge in [0, 0.05) is 0 Å². The van der Waals surface area contributed by atoms with Crippen molar-refractivity contribution in [2.45, 2.75) is 18.6 Å². The summed E-state index contributed by atoms with van der Waals surface area (Å²) < 4.78 is 7.60. The zero-order valence-electron chi connectivity index (χ0n) is 11.4. The Morgan fingerprint density at radius 2 is 2.14 bits per heavy atom. The van der Waals surface area contributed by atoms with E-state index < -0.39 is 5.97 Å². The van der Waals surface area contributed by atoms with Gasteiger partial charge in [0.05, 0.1) is 23.3 Å². The second kappa shape index (κ2) is 5.65. The SMILES string of the molecule is Cc1ccc(Cn2c(SCC(=O)O)nc3ccccc32)o1. The molecule has 0 unspecified atom stereocenters. The molecule has 21 heavy (non-hydrogen) atoms. The molecule has 0 saturated heterocycles. The number of aryl methyl sites for hydroxylation is 1. The van der Waals surface area contributed by atoms with E-state index in [1.807, 2.05) is 47.9 Å². The number of carbonyl (C=O) groups is 1. The third kappa shape index (κ3) is 2.95. The molecule has 5 nitrogen and oxygen atoms in total. The van der Waals surface area contributed by atoms with Crippen molar-refractivity contribution >= 4 is 28.8 Å². The summed E-state index contributed by atoms with van der Waals surface area (Å²) in [5.41, 5.74) is 1.83. The van der Waals surface area contributed by atoms with E-state index in [4.69, 9.17) is 9.52 Å². The Bertz CT molecular complexity index is 791. The van der Waals surface area contributed by atoms with Crippen LogP contribution in [0, 0.1) is 6.92 Å². The van der Waals surface area contributed by atoms with Crippen molar-refractivity contribution in [1.29, 1.82) is 0 Å². The largest absolute Gasteiger partial charge is 0.481 e. The summed E-state index contributed by atoms with van der Waals surface area (Å²) in [4.78, 5) is 15.3. The fraction of sp³-hybridized carbons (Fsp3) is 0.200. The molecule has 0 aliphatic rings. The number of fused-ring (bicyclic) bond motifs is 1. The number of aliphatic carboxylic acids is 1. The molecule has 108 valence electrons. The van der Waals surface area contributed by atoms with E-state index in [1.165, 1.54) is 11.8 Å². The Kier molecular flexibility index (Phi) is 3.70. The number of para-hydroxylation sites is 2. The molecule has 2 heterocycles. The van der Waals surface area contributed by atoms with Crippen LogP contribution in [0.1, 0.15) is 11.5 Å². The second-order valence-electron chi connectivity index (χ2n) is 4.66. The minimum Gasteiger partial charge on any atom is -0.481 e. The lowest BCUT2D eigenvalue weighted by molar-refractivity contribution is -0.133. The van der Waals surface area contributed by atoms with Gasteiger partial charge in [-0.2, -0.15) is 0 Å². The van der Waals surface area contributed by atoms with Gasteiger partial charge in [-0.15, -0.1) is 0 Å². The molecule has 1 N–H and O–H groups in total. The maximum absolute atomic E-state index is 10.8. The Morgan fingerprint density at radius 1 is 1.33 bits per heavy atom. The standard InChI is InChI=1S/C15H14N2O3S/c1-10-6-7-11(20-10)8-17-13-5-3-2-4-12(13)16-15(17)21-9-14(18)19/h2-7H,8-9H2,1H3,(H,18,19). The fourth-order valence-electron chi connectivity index (χ4n) is 2.17. The van der Waals surface area contributed by atoms with Gasteiger partial charge >= 0.3 is 5.97 Å². The van der Waals surface area contributed by atoms with Crippen molar-refractivity contribution in [3.8, 4) is 0 Å². The van der Waals surface area contributed by atoms with Crippen LogP contribution in [-0.2, 0) is 11.3 Å². The van der Waals surface area contributed by atoms with Gasteiger partial charge in [-0.25, -0.2) is 4.98 Å². The van der Waals surface area contributed by atoms with Gasteiger partial charge < -0.3 is 14.1 Å². The highest BCUT2D eigenvalue weighted by atomic mass is 32.2. The third-order valence-corrected chi connectivity index (χ3v) is 4.02. The Morgan fingerprint density at radius 3 is 2.86 bits per heavy atom. The molecule has 0 aliphatic heterocycles. The van der Waals surface area contributed by atoms with E-state index in [9.17, 15) is 4.79 Å². The van der Waals surface area contributed by atoms with E-state index in [-0.39, 0.29) is 5.75 Å². The van der Waals surface area contributed by atoms with Crippen LogP contribution in [0.2, 0.25) is 0 Å². The van der Waals surface area contributed by atoms with Crippen LogP contribution >= 0.6 is 11.8 Å². The van der Waals surface area contributed by atoms with Crippen molar-refractivity contribution in [3.63, 3.8) is 0 Å². The minimum atomic E-state index is -0.854. The molecule has 6 heteroatoms. The van der Waals surface area contributed by atoms with Crippen LogP contribution in [0.5, 0.6) is 0 Å². The van der Waals surface area contributed by atoms with Crippen LogP contribution in [0.15, 0.2) is 46.0 Å². The van der Waals surface area contributed by atoms with Gasteiger partial charge in [0.1, 0.15) is 11.5 Å². The van der Waals surface area contributed by atoms with Crippen LogP contribution in [0.25, 0.3) is 11.0 Å². The lowest BCUT2D eigenvalue weighted by atomic mass is 10.3. The molecule has 0 saturated carbocycles. The number of imidazole rings is 1. The summed E-state index contributed by atoms with van der Waals surface area (Å²) in [5.74, 6) is 0.815. The van der Waals surface area contributed by atoms with E-state index in [2.05, 4.69) is 4.98 Å². The normalized spacial score (nSPS) is 11.1. The first-order valence-electron chi connectivity index (χ1n) is 6.48. The topological polar surface area (TPSA) is 68.3 Å². The van der Waals surface area contributed by atoms with Crippen molar-refractivity contribution in [2.24, 2.45) is 0 Å². The summed E-state index contributed by atoms with van der Waals surface area (Å²) in [5, 5.41) is 9.54. The van der Waals surface area contributed by atoms with Gasteiger partial charge in [0.25, 0.3) is 0 Å². The minimum absolute atomic E-state index is 0.0134. The van der Waals surface area contributed by atoms with E-state index in [0.29, 0.717) is 11.7 Å². The molecule has 0 radical (unpaired) electrons. The molecule has 0 bridgehead atoms. The predicted octanol–water partition coefficient (Wildman–Crippen LogP) is 3.16. The summed E-state index contributed by atoms with van der Waals surface area (Å²) >= 11 is 1.22. The van der Waals surface area contributed by atoms with Gasteiger partial charge in [0.2, 0.25) is 0 Å². The number of aromatic nitrogens is 2. The van der Waals surface area contributed by atoms with Crippen molar-refractivity contribution in [3.05, 3.63) is 47.9 Å². The molecule has 0 spiro atoms. The number of thioether (sulfide) groups is 1. The molecule has 0 atom stereocenters. The van der Waals surface area contributed by atoms with Gasteiger partial charge in [0.15, 0.2) is 5.16 Å². The zero-order valence-corrected chi connectivity index (χ0v) is 12.3. The summed E-state index contributed by atoms with van der Waals surface area (Å²) in [7, 11) is 0. The molecule has 3 aromatic rings. The smallest absolute Gasteiger partial charge is 0.313 e. The number of furan rings is 1. The average molecular weight is 302 g/mol. The number of benzene rings is 1. The average Bonchev–Trinajstić information content (AvgIpc) is 3.01. The number of rotatable bonds is 5. The van der Waals surface area contributed by atoms with E-state index in [1.54, 1.807) is 0 Å². The van der Waals surface area contributed by atoms with E-state index in [0.717, 1.165) is 22.6 Å². The monoisotopic (exact) mass is 302 g/mol. The maximum atomic E-state index is 10.8. The maximum Gasteiger partial charge on any atom is 0.313 e. The Labute approximate surface area is 125 Å². The zero-order chi connectivity index (χ0) is 14.8. The van der Waals surface area contributed by atoms with Crippen molar-refractivity contribution in [1.82, 2.24) is 9.55 Å². The van der Waals surface area contributed by atoms with Crippen LogP contribution in [0.3, 0.4) is 0 Å². The summed E-state index contributed by atoms with van der Waals surface area (Å²) in [6.45, 7) is 2.44. The molecule has 2 aromatic heterocycles. The molecule has 1 aromatic carbocycles. The van der Waals surface area contributed by atoms with Crippen molar-refractivity contribution in [2.75, 3.05) is 5.75 Å². The number of hydrogen-bond acceptors (Lipinski definition) is 4. The highest BCUT2D eigenvalue weighted by Crippen LogP contribution is 2.25. The first kappa shape index (κ1) is 13.8. The Balaban J connectivity index is 2.00. The molecule has 0 fully saturated rings. The number of nitrogens with zero attached hydrogens (tertiary/aromatic N) is 2. The number of carboxylic acid groups (broad SMARTS) is 1. The van der Waals surface area contributed by atoms with Crippen LogP contribution in [0.4, 0.5) is 0 Å². The predicted molar refractivity (Wildman–Crippen MR) is 80.6 cm³/mol.